The van der Waals surface area contributed by atoms with Crippen LogP contribution in [0.2, 0.25) is 0 Å². The van der Waals surface area contributed by atoms with E-state index in [0.717, 1.165) is 21.8 Å². The van der Waals surface area contributed by atoms with Crippen LogP contribution in [0, 0.1) is 0 Å². The van der Waals surface area contributed by atoms with Crippen LogP contribution in [0.1, 0.15) is 38.8 Å². The fourth-order valence-corrected chi connectivity index (χ4v) is 11.2. The second-order valence-corrected chi connectivity index (χ2v) is 14.3. The quantitative estimate of drug-likeness (QED) is 0.527. The Kier molecular flexibility index (Phi) is 4.50. The Balaban J connectivity index is 1.91. The third-order valence-corrected chi connectivity index (χ3v) is 13.0. The van der Waals surface area contributed by atoms with Crippen LogP contribution in [0.25, 0.3) is 10.7 Å². The first-order valence-corrected chi connectivity index (χ1v) is 12.8. The molecule has 2 aliphatic heterocycles. The van der Waals surface area contributed by atoms with Gasteiger partial charge in [-0.25, -0.2) is 0 Å². The fraction of sp³-hybridized carbons (Fsp3) is 0.364. The van der Waals surface area contributed by atoms with Crippen LogP contribution in [0.4, 0.5) is 0 Å². The van der Waals surface area contributed by atoms with Crippen molar-refractivity contribution >= 4 is 28.7 Å². The summed E-state index contributed by atoms with van der Waals surface area (Å²) in [5.74, 6) is 0.816. The van der Waals surface area contributed by atoms with E-state index in [2.05, 4.69) is 52.0 Å². The SMILES string of the molecule is CN(C)P12(OC(c3ccccc3)=C(c3ccccc3)S1)OC(C)(C)C(C)(C)O2. The van der Waals surface area contributed by atoms with E-state index in [1.54, 1.807) is 11.4 Å². The molecule has 0 N–H and O–H groups in total. The van der Waals surface area contributed by atoms with Crippen molar-refractivity contribution < 1.29 is 13.6 Å². The maximum atomic E-state index is 6.84. The molecule has 0 atom stereocenters. The van der Waals surface area contributed by atoms with Crippen molar-refractivity contribution in [2.45, 2.75) is 38.9 Å². The molecule has 1 fully saturated rings. The van der Waals surface area contributed by atoms with Gasteiger partial charge in [-0.05, 0) is 0 Å². The van der Waals surface area contributed by atoms with Crippen LogP contribution in [-0.2, 0) is 13.6 Å². The molecule has 0 unspecified atom stereocenters. The Labute approximate surface area is 171 Å². The van der Waals surface area contributed by atoms with Crippen molar-refractivity contribution in [1.29, 1.82) is 0 Å². The first-order valence-electron chi connectivity index (χ1n) is 9.46. The molecule has 2 aromatic rings. The van der Waals surface area contributed by atoms with Gasteiger partial charge in [-0.1, -0.05) is 0 Å². The molecule has 6 heteroatoms. The van der Waals surface area contributed by atoms with Gasteiger partial charge in [-0.15, -0.1) is 0 Å². The van der Waals surface area contributed by atoms with E-state index in [1.807, 2.05) is 55.2 Å². The van der Waals surface area contributed by atoms with Crippen LogP contribution in [-0.4, -0.2) is 30.0 Å². The summed E-state index contributed by atoms with van der Waals surface area (Å²) in [6.45, 7) is 4.61. The van der Waals surface area contributed by atoms with Gasteiger partial charge < -0.3 is 0 Å². The summed E-state index contributed by atoms with van der Waals surface area (Å²) in [6, 6.07) is 20.5. The Morgan fingerprint density at radius 3 is 1.68 bits per heavy atom. The number of nitrogens with zero attached hydrogens (tertiary/aromatic N) is 1. The molecule has 150 valence electrons. The Morgan fingerprint density at radius 1 is 0.750 bits per heavy atom. The predicted molar refractivity (Wildman–Crippen MR) is 119 cm³/mol. The van der Waals surface area contributed by atoms with Crippen molar-refractivity contribution in [1.82, 2.24) is 4.67 Å². The van der Waals surface area contributed by atoms with Crippen LogP contribution in [0.3, 0.4) is 0 Å². The zero-order valence-electron chi connectivity index (χ0n) is 17.3. The van der Waals surface area contributed by atoms with Gasteiger partial charge >= 0.3 is 172 Å². The second kappa shape index (κ2) is 6.32. The standard InChI is InChI=1S/C22H28NO3PS/c1-21(2)22(3,4)26-27(25-21,23(5)6)24-19(17-13-9-7-10-14-17)20(28-27)18-15-11-8-12-16-18/h7-16H,1-6H3. The van der Waals surface area contributed by atoms with Crippen LogP contribution >= 0.6 is 18.0 Å². The molecule has 28 heavy (non-hydrogen) atoms. The zero-order chi connectivity index (χ0) is 20.2. The zero-order valence-corrected chi connectivity index (χ0v) is 19.0. The molecule has 2 aromatic carbocycles. The minimum atomic E-state index is -3.69. The average Bonchev–Trinajstić information content (AvgIpc) is 3.07. The molecule has 2 heterocycles. The molecular formula is C22H28NO3PS. The number of benzene rings is 2. The van der Waals surface area contributed by atoms with Crippen LogP contribution in [0.5, 0.6) is 0 Å². The van der Waals surface area contributed by atoms with E-state index < -0.39 is 17.8 Å². The van der Waals surface area contributed by atoms with E-state index in [1.165, 1.54) is 0 Å². The molecule has 0 aliphatic carbocycles. The maximum absolute atomic E-state index is 6.84. The molecule has 0 amide bonds. The third kappa shape index (κ3) is 2.84. The topological polar surface area (TPSA) is 30.9 Å². The summed E-state index contributed by atoms with van der Waals surface area (Å²) in [5.41, 5.74) is 1.11. The second-order valence-electron chi connectivity index (χ2n) is 8.40. The summed E-state index contributed by atoms with van der Waals surface area (Å²) in [7, 11) is 3.97. The molecule has 1 spiro atoms. The van der Waals surface area contributed by atoms with Crippen molar-refractivity contribution in [2.75, 3.05) is 14.1 Å². The molecule has 2 aliphatic rings. The summed E-state index contributed by atoms with van der Waals surface area (Å²) >= 11 is 1.61. The molecule has 4 rings (SSSR count). The summed E-state index contributed by atoms with van der Waals surface area (Å²) in [6.07, 6.45) is 0. The third-order valence-electron chi connectivity index (χ3n) is 5.63. The van der Waals surface area contributed by atoms with E-state index in [-0.39, 0.29) is 0 Å². The van der Waals surface area contributed by atoms with Gasteiger partial charge in [0.2, 0.25) is 0 Å². The number of hydrogen-bond donors (Lipinski definition) is 0. The molecule has 4 nitrogen and oxygen atoms in total. The molecule has 0 radical (unpaired) electrons. The number of hydrogen-bond acceptors (Lipinski definition) is 5. The van der Waals surface area contributed by atoms with Gasteiger partial charge in [0.05, 0.1) is 0 Å². The monoisotopic (exact) mass is 417 g/mol. The van der Waals surface area contributed by atoms with Gasteiger partial charge in [-0.3, -0.25) is 0 Å². The summed E-state index contributed by atoms with van der Waals surface area (Å²) in [5, 5.41) is 0. The number of rotatable bonds is 3. The van der Waals surface area contributed by atoms with Crippen molar-refractivity contribution in [2.24, 2.45) is 0 Å². The van der Waals surface area contributed by atoms with Crippen LogP contribution < -0.4 is 0 Å². The van der Waals surface area contributed by atoms with Gasteiger partial charge in [0.1, 0.15) is 0 Å². The van der Waals surface area contributed by atoms with E-state index in [9.17, 15) is 0 Å². The van der Waals surface area contributed by atoms with Gasteiger partial charge in [0, 0.05) is 0 Å². The fourth-order valence-electron chi connectivity index (χ4n) is 3.36. The Morgan fingerprint density at radius 2 is 1.21 bits per heavy atom. The molecular weight excluding hydrogens is 389 g/mol. The first kappa shape index (κ1) is 19.9. The van der Waals surface area contributed by atoms with Crippen LogP contribution in [0.15, 0.2) is 60.7 Å². The summed E-state index contributed by atoms with van der Waals surface area (Å²) in [4.78, 5) is 1.05. The Hall–Kier alpha value is -1.36. The molecule has 0 bridgehead atoms. The van der Waals surface area contributed by atoms with E-state index in [0.29, 0.717) is 0 Å². The molecule has 1 saturated heterocycles. The van der Waals surface area contributed by atoms with Gasteiger partial charge in [0.15, 0.2) is 0 Å². The van der Waals surface area contributed by atoms with Gasteiger partial charge in [-0.2, -0.15) is 0 Å². The van der Waals surface area contributed by atoms with Crippen molar-refractivity contribution in [3.63, 3.8) is 0 Å². The van der Waals surface area contributed by atoms with Crippen molar-refractivity contribution in [3.8, 4) is 0 Å². The summed E-state index contributed by atoms with van der Waals surface area (Å²) < 4.78 is 22.5. The normalized spacial score (nSPS) is 25.5. The first-order chi connectivity index (χ1) is 13.1. The van der Waals surface area contributed by atoms with E-state index >= 15 is 0 Å². The Bertz CT molecular complexity index is 854. The minimum absolute atomic E-state index is 0.504. The van der Waals surface area contributed by atoms with Gasteiger partial charge in [0.25, 0.3) is 0 Å². The van der Waals surface area contributed by atoms with Crippen molar-refractivity contribution in [3.05, 3.63) is 71.8 Å². The van der Waals surface area contributed by atoms with E-state index in [4.69, 9.17) is 13.6 Å². The molecule has 0 aromatic heterocycles. The average molecular weight is 418 g/mol. The predicted octanol–water partition coefficient (Wildman–Crippen LogP) is 6.57. The molecule has 0 saturated carbocycles.